The molecule has 0 radical (unpaired) electrons. The lowest BCUT2D eigenvalue weighted by molar-refractivity contribution is -0.385. The minimum atomic E-state index is -2.30. The van der Waals surface area contributed by atoms with Crippen molar-refractivity contribution in [1.82, 2.24) is 0 Å². The van der Waals surface area contributed by atoms with E-state index < -0.39 is 45.7 Å². The van der Waals surface area contributed by atoms with E-state index >= 15 is 0 Å². The summed E-state index contributed by atoms with van der Waals surface area (Å²) < 4.78 is 0. The second kappa shape index (κ2) is 5.42. The monoisotopic (exact) mass is 271 g/mol. The quantitative estimate of drug-likeness (QED) is 0.319. The summed E-state index contributed by atoms with van der Waals surface area (Å²) in [5.41, 5.74) is -1.75. The van der Waals surface area contributed by atoms with Gasteiger partial charge in [-0.3, -0.25) is 14.9 Å². The van der Waals surface area contributed by atoms with Gasteiger partial charge in [0.15, 0.2) is 12.4 Å². The second-order valence-corrected chi connectivity index (χ2v) is 3.58. The molecule has 0 amide bonds. The van der Waals surface area contributed by atoms with E-state index in [1.807, 2.05) is 0 Å². The number of aliphatic hydroxyl groups excluding tert-OH is 2. The standard InChI is InChI=1S/C10H9NO8/c12-3-4-1-5(11(18)19)2-6(7(4)13)8(14)9(15)10(16)17/h1-3,8-9,13-15H,(H,16,17). The van der Waals surface area contributed by atoms with Gasteiger partial charge in [-0.25, -0.2) is 4.79 Å². The highest BCUT2D eigenvalue weighted by molar-refractivity contribution is 5.82. The molecule has 0 heterocycles. The van der Waals surface area contributed by atoms with Crippen LogP contribution in [-0.2, 0) is 4.79 Å². The molecule has 0 bridgehead atoms. The first-order chi connectivity index (χ1) is 8.79. The van der Waals surface area contributed by atoms with E-state index in [9.17, 15) is 29.9 Å². The Morgan fingerprint density at radius 1 is 1.37 bits per heavy atom. The first-order valence-electron chi connectivity index (χ1n) is 4.85. The van der Waals surface area contributed by atoms with Crippen molar-refractivity contribution < 1.29 is 34.9 Å². The molecular formula is C10H9NO8. The Labute approximate surface area is 105 Å². The molecule has 0 fully saturated rings. The average molecular weight is 271 g/mol. The number of phenols is 1. The lowest BCUT2D eigenvalue weighted by Crippen LogP contribution is -2.27. The van der Waals surface area contributed by atoms with Gasteiger partial charge < -0.3 is 20.4 Å². The number of carbonyl (C=O) groups is 2. The molecule has 2 unspecified atom stereocenters. The number of benzene rings is 1. The zero-order valence-corrected chi connectivity index (χ0v) is 9.26. The van der Waals surface area contributed by atoms with Crippen LogP contribution in [0.25, 0.3) is 0 Å². The predicted octanol–water partition coefficient (Wildman–Crippen LogP) is -0.408. The van der Waals surface area contributed by atoms with Crippen molar-refractivity contribution in [1.29, 1.82) is 0 Å². The summed E-state index contributed by atoms with van der Waals surface area (Å²) in [6, 6.07) is 1.44. The van der Waals surface area contributed by atoms with Crippen LogP contribution in [0.2, 0.25) is 0 Å². The van der Waals surface area contributed by atoms with Gasteiger partial charge in [-0.2, -0.15) is 0 Å². The van der Waals surface area contributed by atoms with Crippen molar-refractivity contribution in [3.8, 4) is 5.75 Å². The van der Waals surface area contributed by atoms with Gasteiger partial charge in [0.2, 0.25) is 0 Å². The molecule has 0 aliphatic heterocycles. The van der Waals surface area contributed by atoms with Gasteiger partial charge in [-0.05, 0) is 0 Å². The molecule has 0 saturated carbocycles. The van der Waals surface area contributed by atoms with Crippen LogP contribution in [0, 0.1) is 10.1 Å². The lowest BCUT2D eigenvalue weighted by Gasteiger charge is -2.16. The number of phenolic OH excluding ortho intramolecular Hbond substituents is 1. The molecule has 0 aliphatic rings. The van der Waals surface area contributed by atoms with Gasteiger partial charge in [-0.15, -0.1) is 0 Å². The molecule has 1 aromatic rings. The number of aldehydes is 1. The third-order valence-corrected chi connectivity index (χ3v) is 2.36. The Kier molecular flexibility index (Phi) is 4.14. The number of carboxylic acid groups (broad SMARTS) is 1. The van der Waals surface area contributed by atoms with Crippen molar-refractivity contribution in [3.63, 3.8) is 0 Å². The summed E-state index contributed by atoms with van der Waals surface area (Å²) in [7, 11) is 0. The molecule has 0 spiro atoms. The Hall–Kier alpha value is -2.52. The van der Waals surface area contributed by atoms with Crippen molar-refractivity contribution in [2.75, 3.05) is 0 Å². The summed E-state index contributed by atoms with van der Waals surface area (Å²) in [5.74, 6) is -2.61. The van der Waals surface area contributed by atoms with Crippen LogP contribution < -0.4 is 0 Å². The molecule has 9 nitrogen and oxygen atoms in total. The fourth-order valence-corrected chi connectivity index (χ4v) is 1.39. The van der Waals surface area contributed by atoms with E-state index in [0.717, 1.165) is 6.07 Å². The largest absolute Gasteiger partial charge is 0.507 e. The van der Waals surface area contributed by atoms with Crippen LogP contribution in [0.3, 0.4) is 0 Å². The van der Waals surface area contributed by atoms with E-state index in [2.05, 4.69) is 0 Å². The van der Waals surface area contributed by atoms with Crippen molar-refractivity contribution in [2.45, 2.75) is 12.2 Å². The molecular weight excluding hydrogens is 262 g/mol. The number of aromatic hydroxyl groups is 1. The SMILES string of the molecule is O=Cc1cc([N+](=O)[O-])cc(C(O)C(O)C(=O)O)c1O. The number of nitrogens with zero attached hydrogens (tertiary/aromatic N) is 1. The smallest absolute Gasteiger partial charge is 0.335 e. The van der Waals surface area contributed by atoms with Crippen LogP contribution in [-0.4, -0.2) is 43.7 Å². The van der Waals surface area contributed by atoms with Crippen molar-refractivity contribution in [2.24, 2.45) is 0 Å². The highest BCUT2D eigenvalue weighted by Gasteiger charge is 2.30. The fourth-order valence-electron chi connectivity index (χ4n) is 1.39. The first kappa shape index (κ1) is 14.5. The van der Waals surface area contributed by atoms with Crippen molar-refractivity contribution in [3.05, 3.63) is 33.4 Å². The summed E-state index contributed by atoms with van der Waals surface area (Å²) in [6.07, 6.45) is -4.31. The van der Waals surface area contributed by atoms with Crippen LogP contribution >= 0.6 is 0 Å². The summed E-state index contributed by atoms with van der Waals surface area (Å²) in [5, 5.41) is 47.4. The second-order valence-electron chi connectivity index (χ2n) is 3.58. The number of aliphatic carboxylic acids is 1. The Morgan fingerprint density at radius 2 is 1.95 bits per heavy atom. The van der Waals surface area contributed by atoms with Crippen LogP contribution in [0.1, 0.15) is 22.0 Å². The molecule has 4 N–H and O–H groups in total. The predicted molar refractivity (Wildman–Crippen MR) is 58.8 cm³/mol. The number of rotatable bonds is 5. The Morgan fingerprint density at radius 3 is 2.37 bits per heavy atom. The number of aliphatic hydroxyl groups is 2. The number of non-ortho nitro benzene ring substituents is 1. The molecule has 0 saturated heterocycles. The third-order valence-electron chi connectivity index (χ3n) is 2.36. The van der Waals surface area contributed by atoms with Crippen LogP contribution in [0.15, 0.2) is 12.1 Å². The molecule has 1 aromatic carbocycles. The minimum Gasteiger partial charge on any atom is -0.507 e. The number of carboxylic acids is 1. The number of nitro groups is 1. The molecule has 102 valence electrons. The number of hydrogen-bond donors (Lipinski definition) is 4. The number of carbonyl (C=O) groups excluding carboxylic acids is 1. The maximum absolute atomic E-state index is 10.6. The van der Waals surface area contributed by atoms with Gasteiger partial charge in [0.25, 0.3) is 5.69 Å². The zero-order chi connectivity index (χ0) is 14.7. The van der Waals surface area contributed by atoms with E-state index in [4.69, 9.17) is 10.2 Å². The number of nitro benzene ring substituents is 1. The minimum absolute atomic E-state index is 0.103. The van der Waals surface area contributed by atoms with Gasteiger partial charge in [0.1, 0.15) is 11.9 Å². The molecule has 9 heteroatoms. The fraction of sp³-hybridized carbons (Fsp3) is 0.200. The van der Waals surface area contributed by atoms with Gasteiger partial charge in [0, 0.05) is 17.7 Å². The summed E-state index contributed by atoms with van der Waals surface area (Å²) in [6.45, 7) is 0. The van der Waals surface area contributed by atoms with E-state index in [1.165, 1.54) is 0 Å². The Bertz CT molecular complexity index is 541. The van der Waals surface area contributed by atoms with Gasteiger partial charge in [0.05, 0.1) is 10.5 Å². The third kappa shape index (κ3) is 2.84. The normalized spacial score (nSPS) is 13.6. The molecule has 0 aromatic heterocycles. The Balaban J connectivity index is 3.40. The maximum Gasteiger partial charge on any atom is 0.335 e. The molecule has 1 rings (SSSR count). The van der Waals surface area contributed by atoms with Gasteiger partial charge in [-0.1, -0.05) is 0 Å². The molecule has 19 heavy (non-hydrogen) atoms. The van der Waals surface area contributed by atoms with E-state index in [-0.39, 0.29) is 6.29 Å². The van der Waals surface area contributed by atoms with Gasteiger partial charge >= 0.3 is 5.97 Å². The van der Waals surface area contributed by atoms with E-state index in [0.29, 0.717) is 6.07 Å². The average Bonchev–Trinajstić information content (AvgIpc) is 2.36. The first-order valence-corrected chi connectivity index (χ1v) is 4.85. The van der Waals surface area contributed by atoms with Crippen molar-refractivity contribution >= 4 is 17.9 Å². The number of hydrogen-bond acceptors (Lipinski definition) is 7. The highest BCUT2D eigenvalue weighted by atomic mass is 16.6. The highest BCUT2D eigenvalue weighted by Crippen LogP contribution is 2.33. The summed E-state index contributed by atoms with van der Waals surface area (Å²) in [4.78, 5) is 30.9. The van der Waals surface area contributed by atoms with Crippen LogP contribution in [0.5, 0.6) is 5.75 Å². The maximum atomic E-state index is 10.6. The van der Waals surface area contributed by atoms with Crippen LogP contribution in [0.4, 0.5) is 5.69 Å². The zero-order valence-electron chi connectivity index (χ0n) is 9.26. The molecule has 0 aliphatic carbocycles. The topological polar surface area (TPSA) is 158 Å². The lowest BCUT2D eigenvalue weighted by atomic mass is 9.99. The summed E-state index contributed by atoms with van der Waals surface area (Å²) >= 11 is 0. The molecule has 2 atom stereocenters. The van der Waals surface area contributed by atoms with E-state index in [1.54, 1.807) is 0 Å².